The van der Waals surface area contributed by atoms with Gasteiger partial charge in [-0.15, -0.1) is 0 Å². The van der Waals surface area contributed by atoms with Crippen LogP contribution in [0.3, 0.4) is 0 Å². The summed E-state index contributed by atoms with van der Waals surface area (Å²) in [5.41, 5.74) is 1.40. The van der Waals surface area contributed by atoms with Crippen LogP contribution in [0, 0.1) is 5.92 Å². The van der Waals surface area contributed by atoms with Crippen molar-refractivity contribution >= 4 is 21.8 Å². The third-order valence-electron chi connectivity index (χ3n) is 3.77. The Hall–Kier alpha value is -0.830. The number of hydrogen-bond donors (Lipinski definition) is 0. The summed E-state index contributed by atoms with van der Waals surface area (Å²) in [6, 6.07) is 8.60. The Labute approximate surface area is 124 Å². The molecule has 1 aliphatic rings. The molecule has 2 nitrogen and oxygen atoms in total. The Morgan fingerprint density at radius 3 is 2.37 bits per heavy atom. The van der Waals surface area contributed by atoms with Crippen molar-refractivity contribution in [3.63, 3.8) is 0 Å². The lowest BCUT2D eigenvalue weighted by Crippen LogP contribution is -2.38. The molecule has 1 amide bonds. The molecule has 0 spiro atoms. The second kappa shape index (κ2) is 6.56. The zero-order valence-corrected chi connectivity index (χ0v) is 13.3. The molecule has 1 aromatic rings. The second-order valence-corrected chi connectivity index (χ2v) is 6.72. The highest BCUT2D eigenvalue weighted by atomic mass is 79.9. The SMILES string of the molecule is CC(C)CC(=O)N1CCC(c2ccc(Br)cc2)CC1. The first-order valence-corrected chi connectivity index (χ1v) is 7.89. The van der Waals surface area contributed by atoms with Crippen LogP contribution in [0.4, 0.5) is 0 Å². The lowest BCUT2D eigenvalue weighted by molar-refractivity contribution is -0.133. The number of carbonyl (C=O) groups is 1. The van der Waals surface area contributed by atoms with Crippen LogP contribution >= 0.6 is 15.9 Å². The van der Waals surface area contributed by atoms with Gasteiger partial charge in [0.2, 0.25) is 5.91 Å². The van der Waals surface area contributed by atoms with Gasteiger partial charge < -0.3 is 4.90 Å². The van der Waals surface area contributed by atoms with Crippen molar-refractivity contribution in [1.29, 1.82) is 0 Å². The molecule has 1 aromatic carbocycles. The first-order valence-electron chi connectivity index (χ1n) is 7.09. The fourth-order valence-electron chi connectivity index (χ4n) is 2.68. The molecule has 1 heterocycles. The Morgan fingerprint density at radius 1 is 1.26 bits per heavy atom. The van der Waals surface area contributed by atoms with E-state index in [0.29, 0.717) is 24.2 Å². The van der Waals surface area contributed by atoms with E-state index in [0.717, 1.165) is 30.4 Å². The smallest absolute Gasteiger partial charge is 0.222 e. The van der Waals surface area contributed by atoms with E-state index >= 15 is 0 Å². The number of benzene rings is 1. The van der Waals surface area contributed by atoms with Gasteiger partial charge >= 0.3 is 0 Å². The van der Waals surface area contributed by atoms with Gasteiger partial charge in [-0.25, -0.2) is 0 Å². The summed E-state index contributed by atoms with van der Waals surface area (Å²) in [5, 5.41) is 0. The molecule has 2 rings (SSSR count). The molecule has 1 fully saturated rings. The maximum absolute atomic E-state index is 12.0. The number of hydrogen-bond acceptors (Lipinski definition) is 1. The van der Waals surface area contributed by atoms with Gasteiger partial charge in [-0.2, -0.15) is 0 Å². The summed E-state index contributed by atoms with van der Waals surface area (Å²) in [6.07, 6.45) is 2.86. The highest BCUT2D eigenvalue weighted by Gasteiger charge is 2.23. The second-order valence-electron chi connectivity index (χ2n) is 5.80. The summed E-state index contributed by atoms with van der Waals surface area (Å²) >= 11 is 3.47. The third-order valence-corrected chi connectivity index (χ3v) is 4.30. The van der Waals surface area contributed by atoms with Crippen molar-refractivity contribution in [3.8, 4) is 0 Å². The number of amides is 1. The largest absolute Gasteiger partial charge is 0.343 e. The fourth-order valence-corrected chi connectivity index (χ4v) is 2.94. The lowest BCUT2D eigenvalue weighted by atomic mass is 9.89. The van der Waals surface area contributed by atoms with E-state index in [1.807, 2.05) is 4.90 Å². The molecule has 0 N–H and O–H groups in total. The summed E-state index contributed by atoms with van der Waals surface area (Å²) < 4.78 is 1.13. The van der Waals surface area contributed by atoms with Crippen molar-refractivity contribution in [2.45, 2.75) is 39.0 Å². The van der Waals surface area contributed by atoms with Crippen LogP contribution in [-0.4, -0.2) is 23.9 Å². The Bertz CT molecular complexity index is 419. The van der Waals surface area contributed by atoms with Gasteiger partial charge in [0.1, 0.15) is 0 Å². The molecule has 0 aromatic heterocycles. The molecule has 0 aliphatic carbocycles. The monoisotopic (exact) mass is 323 g/mol. The van der Waals surface area contributed by atoms with E-state index in [4.69, 9.17) is 0 Å². The van der Waals surface area contributed by atoms with Crippen LogP contribution < -0.4 is 0 Å². The Kier molecular flexibility index (Phi) is 5.03. The number of likely N-dealkylation sites (tertiary alicyclic amines) is 1. The summed E-state index contributed by atoms with van der Waals surface area (Å²) in [7, 11) is 0. The topological polar surface area (TPSA) is 20.3 Å². The molecular weight excluding hydrogens is 302 g/mol. The van der Waals surface area contributed by atoms with Crippen LogP contribution in [0.2, 0.25) is 0 Å². The van der Waals surface area contributed by atoms with Crippen molar-refractivity contribution in [2.75, 3.05) is 13.1 Å². The number of nitrogens with zero attached hydrogens (tertiary/aromatic N) is 1. The zero-order chi connectivity index (χ0) is 13.8. The van der Waals surface area contributed by atoms with E-state index in [9.17, 15) is 4.79 Å². The average Bonchev–Trinajstić information content (AvgIpc) is 2.39. The van der Waals surface area contributed by atoms with Crippen LogP contribution in [0.15, 0.2) is 28.7 Å². The van der Waals surface area contributed by atoms with E-state index in [1.54, 1.807) is 0 Å². The third kappa shape index (κ3) is 4.07. The van der Waals surface area contributed by atoms with Crippen molar-refractivity contribution < 1.29 is 4.79 Å². The Morgan fingerprint density at radius 2 is 1.84 bits per heavy atom. The predicted molar refractivity (Wildman–Crippen MR) is 82.2 cm³/mol. The van der Waals surface area contributed by atoms with Crippen molar-refractivity contribution in [2.24, 2.45) is 5.92 Å². The molecule has 1 saturated heterocycles. The first-order chi connectivity index (χ1) is 9.06. The molecular formula is C16H22BrNO. The van der Waals surface area contributed by atoms with E-state index in [1.165, 1.54) is 5.56 Å². The minimum atomic E-state index is 0.323. The average molecular weight is 324 g/mol. The molecule has 104 valence electrons. The number of carbonyl (C=O) groups excluding carboxylic acids is 1. The maximum Gasteiger partial charge on any atom is 0.222 e. The van der Waals surface area contributed by atoms with Gasteiger partial charge in [0, 0.05) is 24.0 Å². The van der Waals surface area contributed by atoms with E-state index in [-0.39, 0.29) is 0 Å². The number of piperidine rings is 1. The summed E-state index contributed by atoms with van der Waals surface area (Å²) in [6.45, 7) is 6.03. The first kappa shape index (κ1) is 14.6. The molecule has 0 saturated carbocycles. The van der Waals surface area contributed by atoms with Gasteiger partial charge in [0.05, 0.1) is 0 Å². The van der Waals surface area contributed by atoms with Gasteiger partial charge in [-0.1, -0.05) is 41.9 Å². The van der Waals surface area contributed by atoms with Crippen LogP contribution in [0.1, 0.15) is 44.6 Å². The Balaban J connectivity index is 1.88. The van der Waals surface area contributed by atoms with Gasteiger partial charge in [-0.05, 0) is 42.4 Å². The predicted octanol–water partition coefficient (Wildman–Crippen LogP) is 4.20. The highest BCUT2D eigenvalue weighted by molar-refractivity contribution is 9.10. The van der Waals surface area contributed by atoms with Crippen LogP contribution in [0.25, 0.3) is 0 Å². The minimum Gasteiger partial charge on any atom is -0.343 e. The van der Waals surface area contributed by atoms with Gasteiger partial charge in [0.15, 0.2) is 0 Å². The molecule has 0 atom stereocenters. The quantitative estimate of drug-likeness (QED) is 0.816. The highest BCUT2D eigenvalue weighted by Crippen LogP contribution is 2.29. The zero-order valence-electron chi connectivity index (χ0n) is 11.7. The van der Waals surface area contributed by atoms with Gasteiger partial charge in [-0.3, -0.25) is 4.79 Å². The van der Waals surface area contributed by atoms with E-state index < -0.39 is 0 Å². The van der Waals surface area contributed by atoms with Gasteiger partial charge in [0.25, 0.3) is 0 Å². The molecule has 1 aliphatic heterocycles. The lowest BCUT2D eigenvalue weighted by Gasteiger charge is -2.32. The number of halogens is 1. The normalized spacial score (nSPS) is 16.9. The molecule has 0 radical (unpaired) electrons. The summed E-state index contributed by atoms with van der Waals surface area (Å²) in [4.78, 5) is 14.1. The van der Waals surface area contributed by atoms with Crippen LogP contribution in [-0.2, 0) is 4.79 Å². The molecule has 0 bridgehead atoms. The molecule has 3 heteroatoms. The standard InChI is InChI=1S/C16H22BrNO/c1-12(2)11-16(19)18-9-7-14(8-10-18)13-3-5-15(17)6-4-13/h3-6,12,14H,7-11H2,1-2H3. The van der Waals surface area contributed by atoms with Crippen molar-refractivity contribution in [3.05, 3.63) is 34.3 Å². The summed E-state index contributed by atoms with van der Waals surface area (Å²) in [5.74, 6) is 1.39. The minimum absolute atomic E-state index is 0.323. The fraction of sp³-hybridized carbons (Fsp3) is 0.562. The molecule has 0 unspecified atom stereocenters. The van der Waals surface area contributed by atoms with Crippen molar-refractivity contribution in [1.82, 2.24) is 4.90 Å². The maximum atomic E-state index is 12.0. The van der Waals surface area contributed by atoms with E-state index in [2.05, 4.69) is 54.0 Å². The molecule has 19 heavy (non-hydrogen) atoms. The van der Waals surface area contributed by atoms with Crippen LogP contribution in [0.5, 0.6) is 0 Å². The number of rotatable bonds is 3.